The second kappa shape index (κ2) is 81.0. The first-order chi connectivity index (χ1) is 45.0. The maximum atomic E-state index is 12.6. The van der Waals surface area contributed by atoms with E-state index in [-0.39, 0.29) is 18.5 Å². The van der Waals surface area contributed by atoms with Gasteiger partial charge in [0.05, 0.1) is 25.4 Å². The molecule has 1 amide bonds. The van der Waals surface area contributed by atoms with Gasteiger partial charge in [0.1, 0.15) is 0 Å². The number of rotatable bonds is 81. The predicted octanol–water partition coefficient (Wildman–Crippen LogP) is 28.2. The topological polar surface area (TPSA) is 95.9 Å². The van der Waals surface area contributed by atoms with E-state index in [0.29, 0.717) is 19.4 Å². The molecule has 0 rings (SSSR count). The lowest BCUT2D eigenvalue weighted by Gasteiger charge is -2.20. The highest BCUT2D eigenvalue weighted by Crippen LogP contribution is 2.21. The fraction of sp³-hybridized carbons (Fsp3) is 0.953. The van der Waals surface area contributed by atoms with Gasteiger partial charge in [0, 0.05) is 12.8 Å². The Balaban J connectivity index is 3.32. The smallest absolute Gasteiger partial charge is 0.305 e. The summed E-state index contributed by atoms with van der Waals surface area (Å²) in [5.41, 5.74) is 0. The maximum Gasteiger partial charge on any atom is 0.305 e. The summed E-state index contributed by atoms with van der Waals surface area (Å²) >= 11 is 0. The van der Waals surface area contributed by atoms with Crippen LogP contribution in [0, 0.1) is 0 Å². The number of esters is 1. The molecule has 6 nitrogen and oxygen atoms in total. The molecule has 0 aromatic carbocycles. The first-order valence-corrected chi connectivity index (χ1v) is 42.5. The molecular weight excluding hydrogens is 1110 g/mol. The Kier molecular flexibility index (Phi) is 79.8. The van der Waals surface area contributed by atoms with E-state index in [0.717, 1.165) is 38.5 Å². The summed E-state index contributed by atoms with van der Waals surface area (Å²) in [6.45, 7) is 4.98. The monoisotopic (exact) mass is 1280 g/mol. The minimum absolute atomic E-state index is 0.0278. The Labute approximate surface area is 571 Å². The number of hydrogen-bond acceptors (Lipinski definition) is 5. The van der Waals surface area contributed by atoms with E-state index in [1.165, 1.54) is 430 Å². The van der Waals surface area contributed by atoms with Crippen molar-refractivity contribution in [3.8, 4) is 0 Å². The largest absolute Gasteiger partial charge is 0.466 e. The van der Waals surface area contributed by atoms with E-state index in [4.69, 9.17) is 4.74 Å². The van der Waals surface area contributed by atoms with Gasteiger partial charge in [0.15, 0.2) is 0 Å². The van der Waals surface area contributed by atoms with Gasteiger partial charge in [-0.3, -0.25) is 9.59 Å². The predicted molar refractivity (Wildman–Crippen MR) is 403 cm³/mol. The molecule has 0 aromatic heterocycles. The van der Waals surface area contributed by atoms with E-state index in [1.807, 2.05) is 6.08 Å². The molecule has 0 heterocycles. The summed E-state index contributed by atoms with van der Waals surface area (Å²) in [5, 5.41) is 23.3. The Hall–Kier alpha value is -1.40. The molecule has 0 aliphatic rings. The van der Waals surface area contributed by atoms with E-state index in [9.17, 15) is 19.8 Å². The second-order valence-electron chi connectivity index (χ2n) is 29.5. The van der Waals surface area contributed by atoms with Gasteiger partial charge in [-0.05, 0) is 32.1 Å². The highest BCUT2D eigenvalue weighted by molar-refractivity contribution is 5.76. The molecule has 0 aromatic rings. The third-order valence-electron chi connectivity index (χ3n) is 20.3. The van der Waals surface area contributed by atoms with Crippen LogP contribution in [0.1, 0.15) is 495 Å². The van der Waals surface area contributed by atoms with Gasteiger partial charge in [-0.25, -0.2) is 0 Å². The van der Waals surface area contributed by atoms with Crippen molar-refractivity contribution < 1.29 is 24.5 Å². The van der Waals surface area contributed by atoms with Gasteiger partial charge >= 0.3 is 5.97 Å². The van der Waals surface area contributed by atoms with Crippen molar-refractivity contribution in [1.82, 2.24) is 5.32 Å². The van der Waals surface area contributed by atoms with E-state index in [2.05, 4.69) is 19.2 Å². The zero-order valence-corrected chi connectivity index (χ0v) is 62.4. The Morgan fingerprint density at radius 1 is 0.297 bits per heavy atom. The van der Waals surface area contributed by atoms with Crippen LogP contribution < -0.4 is 5.32 Å². The zero-order chi connectivity index (χ0) is 65.6. The number of hydrogen-bond donors (Lipinski definition) is 3. The second-order valence-corrected chi connectivity index (χ2v) is 29.5. The van der Waals surface area contributed by atoms with Gasteiger partial charge < -0.3 is 20.3 Å². The molecule has 91 heavy (non-hydrogen) atoms. The van der Waals surface area contributed by atoms with Crippen LogP contribution in [0.4, 0.5) is 0 Å². The number of nitrogens with one attached hydrogen (secondary N) is 1. The van der Waals surface area contributed by atoms with Crippen molar-refractivity contribution in [3.05, 3.63) is 12.2 Å². The fourth-order valence-electron chi connectivity index (χ4n) is 13.9. The minimum atomic E-state index is -0.841. The normalized spacial score (nSPS) is 12.4. The van der Waals surface area contributed by atoms with Crippen LogP contribution in [0.25, 0.3) is 0 Å². The number of ether oxygens (including phenoxy) is 1. The SMILES string of the molecule is CCCCCCCCCCCCCCCCCCCCCC/C=C/C(O)C(CO)NC(=O)CCCCCCCCCCCCCCCCCCCCCCCCCCCCCCCCCCCCCOC(=O)CCCCCCCCCCCCCCCCCCC. The quantitative estimate of drug-likeness (QED) is 0.0320. The molecule has 0 fully saturated rings. The molecule has 0 spiro atoms. The Bertz CT molecular complexity index is 1380. The van der Waals surface area contributed by atoms with Crippen molar-refractivity contribution in [1.29, 1.82) is 0 Å². The van der Waals surface area contributed by atoms with Crippen molar-refractivity contribution in [2.45, 2.75) is 508 Å². The minimum Gasteiger partial charge on any atom is -0.466 e. The molecule has 0 aliphatic heterocycles. The lowest BCUT2D eigenvalue weighted by Crippen LogP contribution is -2.45. The summed E-state index contributed by atoms with van der Waals surface area (Å²) in [4.78, 5) is 24.7. The number of carbonyl (C=O) groups excluding carboxylic acids is 2. The van der Waals surface area contributed by atoms with E-state index >= 15 is 0 Å². The molecule has 2 unspecified atom stereocenters. The molecular formula is C85H167NO5. The van der Waals surface area contributed by atoms with Crippen LogP contribution >= 0.6 is 0 Å². The standard InChI is InChI=1S/C85H167NO5/c1-3-5-7-9-11-13-15-17-19-21-22-23-39-42-46-49-53-57-61-65-69-73-77-83(88)82(81-87)86-84(89)78-74-70-66-62-58-54-50-47-43-40-37-35-33-31-29-27-25-24-26-28-30-32-34-36-38-41-44-48-52-56-60-64-68-72-76-80-91-85(90)79-75-71-67-63-59-55-51-45-20-18-16-14-12-10-8-6-4-2/h73,77,82-83,87-88H,3-72,74-76,78-81H2,1-2H3,(H,86,89)/b77-73+. The number of amides is 1. The number of carbonyl (C=O) groups is 2. The fourth-order valence-corrected chi connectivity index (χ4v) is 13.9. The average Bonchev–Trinajstić information content (AvgIpc) is 3.75. The summed E-state index contributed by atoms with van der Waals surface area (Å²) in [5.74, 6) is -0.0291. The van der Waals surface area contributed by atoms with Crippen molar-refractivity contribution in [3.63, 3.8) is 0 Å². The molecule has 3 N–H and O–H groups in total. The van der Waals surface area contributed by atoms with Gasteiger partial charge in [0.25, 0.3) is 0 Å². The van der Waals surface area contributed by atoms with E-state index in [1.54, 1.807) is 6.08 Å². The molecule has 6 heteroatoms. The highest BCUT2D eigenvalue weighted by atomic mass is 16.5. The molecule has 0 radical (unpaired) electrons. The first kappa shape index (κ1) is 89.6. The molecule has 2 atom stereocenters. The number of unbranched alkanes of at least 4 members (excludes halogenated alkanes) is 70. The van der Waals surface area contributed by atoms with E-state index < -0.39 is 12.1 Å². The van der Waals surface area contributed by atoms with Gasteiger partial charge in [-0.1, -0.05) is 463 Å². The first-order valence-electron chi connectivity index (χ1n) is 42.5. The summed E-state index contributed by atoms with van der Waals surface area (Å²) in [6, 6.07) is -0.624. The molecule has 0 aliphatic carbocycles. The average molecular weight is 1280 g/mol. The highest BCUT2D eigenvalue weighted by Gasteiger charge is 2.18. The Morgan fingerprint density at radius 2 is 0.505 bits per heavy atom. The van der Waals surface area contributed by atoms with Crippen LogP contribution in [0.3, 0.4) is 0 Å². The molecule has 0 saturated carbocycles. The van der Waals surface area contributed by atoms with Crippen LogP contribution in [0.2, 0.25) is 0 Å². The van der Waals surface area contributed by atoms with Crippen molar-refractivity contribution in [2.24, 2.45) is 0 Å². The van der Waals surface area contributed by atoms with Gasteiger partial charge in [-0.15, -0.1) is 0 Å². The van der Waals surface area contributed by atoms with Gasteiger partial charge in [0.2, 0.25) is 5.91 Å². The molecule has 542 valence electrons. The lowest BCUT2D eigenvalue weighted by atomic mass is 10.0. The number of aliphatic hydroxyl groups excluding tert-OH is 2. The zero-order valence-electron chi connectivity index (χ0n) is 62.4. The molecule has 0 bridgehead atoms. The summed E-state index contributed by atoms with van der Waals surface area (Å²) in [6.07, 6.45) is 104. The number of aliphatic hydroxyl groups is 2. The maximum absolute atomic E-state index is 12.6. The van der Waals surface area contributed by atoms with Crippen LogP contribution in [-0.2, 0) is 14.3 Å². The third-order valence-corrected chi connectivity index (χ3v) is 20.3. The summed E-state index contributed by atoms with van der Waals surface area (Å²) < 4.78 is 5.52. The van der Waals surface area contributed by atoms with Crippen molar-refractivity contribution in [2.75, 3.05) is 13.2 Å². The Morgan fingerprint density at radius 3 is 0.747 bits per heavy atom. The number of allylic oxidation sites excluding steroid dienone is 1. The third kappa shape index (κ3) is 77.5. The van der Waals surface area contributed by atoms with Crippen LogP contribution in [-0.4, -0.2) is 47.4 Å². The molecule has 0 saturated heterocycles. The van der Waals surface area contributed by atoms with Gasteiger partial charge in [-0.2, -0.15) is 0 Å². The van der Waals surface area contributed by atoms with Crippen LogP contribution in [0.15, 0.2) is 12.2 Å². The summed E-state index contributed by atoms with van der Waals surface area (Å²) in [7, 11) is 0. The van der Waals surface area contributed by atoms with Crippen molar-refractivity contribution >= 4 is 11.9 Å². The van der Waals surface area contributed by atoms with Crippen LogP contribution in [0.5, 0.6) is 0 Å². The lowest BCUT2D eigenvalue weighted by molar-refractivity contribution is -0.143.